The van der Waals surface area contributed by atoms with E-state index in [0.29, 0.717) is 17.0 Å². The highest BCUT2D eigenvalue weighted by molar-refractivity contribution is 7.92. The second-order valence-corrected chi connectivity index (χ2v) is 8.45. The Morgan fingerprint density at radius 3 is 2.21 bits per heavy atom. The molecule has 1 heterocycles. The van der Waals surface area contributed by atoms with Crippen molar-refractivity contribution < 1.29 is 17.6 Å². The van der Waals surface area contributed by atoms with Crippen molar-refractivity contribution in [2.75, 3.05) is 11.4 Å². The molecule has 0 saturated heterocycles. The zero-order valence-corrected chi connectivity index (χ0v) is 16.7. The Balaban J connectivity index is 1.74. The van der Waals surface area contributed by atoms with Crippen molar-refractivity contribution in [1.82, 2.24) is 5.32 Å². The number of amides is 1. The highest BCUT2D eigenvalue weighted by Crippen LogP contribution is 2.22. The largest absolute Gasteiger partial charge is 0.464 e. The van der Waals surface area contributed by atoms with Gasteiger partial charge in [0, 0.05) is 12.6 Å². The molecule has 0 radical (unpaired) electrons. The van der Waals surface area contributed by atoms with Crippen molar-refractivity contribution in [3.8, 4) is 0 Å². The van der Waals surface area contributed by atoms with Crippen LogP contribution in [0.4, 0.5) is 5.69 Å². The van der Waals surface area contributed by atoms with Crippen molar-refractivity contribution in [1.29, 1.82) is 0 Å². The predicted octanol–water partition coefficient (Wildman–Crippen LogP) is 3.90. The lowest BCUT2D eigenvalue weighted by Crippen LogP contribution is -2.27. The number of carbonyl (C=O) groups is 1. The van der Waals surface area contributed by atoms with Gasteiger partial charge in [-0.15, -0.1) is 0 Å². The zero-order chi connectivity index (χ0) is 20.3. The number of nitrogens with zero attached hydrogens (tertiary/aromatic N) is 1. The zero-order valence-electron chi connectivity index (χ0n) is 15.9. The molecule has 0 bridgehead atoms. The summed E-state index contributed by atoms with van der Waals surface area (Å²) in [4.78, 5) is 12.6. The van der Waals surface area contributed by atoms with Crippen LogP contribution in [0.5, 0.6) is 0 Å². The first-order valence-corrected chi connectivity index (χ1v) is 10.2. The van der Waals surface area contributed by atoms with E-state index in [1.165, 1.54) is 35.6 Å². The Bertz CT molecular complexity index is 1060. The molecule has 1 aromatic heterocycles. The number of hydrogen-bond donors (Lipinski definition) is 1. The number of furan rings is 1. The molecule has 3 aromatic rings. The molecule has 146 valence electrons. The summed E-state index contributed by atoms with van der Waals surface area (Å²) in [6.45, 7) is 3.66. The van der Waals surface area contributed by atoms with Crippen LogP contribution in [-0.4, -0.2) is 21.4 Å². The smallest absolute Gasteiger partial charge is 0.264 e. The minimum absolute atomic E-state index is 0.116. The molecule has 0 fully saturated rings. The molecular weight excluding hydrogens is 376 g/mol. The van der Waals surface area contributed by atoms with Gasteiger partial charge < -0.3 is 9.73 Å². The number of rotatable bonds is 6. The maximum absolute atomic E-state index is 12.8. The van der Waals surface area contributed by atoms with Gasteiger partial charge in [0.05, 0.1) is 16.6 Å². The number of anilines is 1. The first-order chi connectivity index (χ1) is 13.3. The number of sulfonamides is 1. The van der Waals surface area contributed by atoms with E-state index in [-0.39, 0.29) is 16.8 Å². The third kappa shape index (κ3) is 4.09. The van der Waals surface area contributed by atoms with Crippen molar-refractivity contribution >= 4 is 21.6 Å². The molecule has 0 aliphatic heterocycles. The van der Waals surface area contributed by atoms with E-state index in [4.69, 9.17) is 4.42 Å². The Labute approximate surface area is 164 Å². The van der Waals surface area contributed by atoms with Crippen LogP contribution in [-0.2, 0) is 10.0 Å². The maximum Gasteiger partial charge on any atom is 0.264 e. The summed E-state index contributed by atoms with van der Waals surface area (Å²) >= 11 is 0. The third-order valence-electron chi connectivity index (χ3n) is 4.43. The first kappa shape index (κ1) is 19.7. The molecule has 28 heavy (non-hydrogen) atoms. The Morgan fingerprint density at radius 2 is 1.64 bits per heavy atom. The van der Waals surface area contributed by atoms with Gasteiger partial charge in [0.1, 0.15) is 11.5 Å². The molecule has 2 aromatic carbocycles. The van der Waals surface area contributed by atoms with E-state index in [0.717, 1.165) is 5.76 Å². The van der Waals surface area contributed by atoms with Crippen LogP contribution in [0.25, 0.3) is 0 Å². The summed E-state index contributed by atoms with van der Waals surface area (Å²) < 4.78 is 32.3. The van der Waals surface area contributed by atoms with E-state index >= 15 is 0 Å². The fourth-order valence-electron chi connectivity index (χ4n) is 2.75. The predicted molar refractivity (Wildman–Crippen MR) is 108 cm³/mol. The monoisotopic (exact) mass is 398 g/mol. The summed E-state index contributed by atoms with van der Waals surface area (Å²) in [5.41, 5.74) is 0.934. The van der Waals surface area contributed by atoms with E-state index in [1.807, 2.05) is 32.0 Å². The van der Waals surface area contributed by atoms with Gasteiger partial charge in [-0.05, 0) is 62.4 Å². The van der Waals surface area contributed by atoms with E-state index in [9.17, 15) is 13.2 Å². The molecule has 0 aliphatic carbocycles. The summed E-state index contributed by atoms with van der Waals surface area (Å²) in [6, 6.07) is 18.0. The lowest BCUT2D eigenvalue weighted by atomic mass is 10.2. The lowest BCUT2D eigenvalue weighted by molar-refractivity contribution is 0.0935. The number of carbonyl (C=O) groups excluding carboxylic acids is 1. The van der Waals surface area contributed by atoms with Gasteiger partial charge in [0.15, 0.2) is 0 Å². The van der Waals surface area contributed by atoms with Crippen LogP contribution >= 0.6 is 0 Å². The van der Waals surface area contributed by atoms with Gasteiger partial charge >= 0.3 is 0 Å². The van der Waals surface area contributed by atoms with Crippen molar-refractivity contribution in [3.05, 3.63) is 83.8 Å². The first-order valence-electron chi connectivity index (χ1n) is 8.80. The standard InChI is InChI=1S/C21H22N2O4S/c1-15-9-14-20(27-15)16(2)22-21(24)17-10-12-19(13-11-17)28(25,26)23(3)18-7-5-4-6-8-18/h4-14,16H,1-3H3,(H,22,24). The molecule has 0 saturated carbocycles. The molecule has 1 N–H and O–H groups in total. The number of aryl methyl sites for hydroxylation is 1. The van der Waals surface area contributed by atoms with Crippen molar-refractivity contribution in [2.45, 2.75) is 24.8 Å². The Hall–Kier alpha value is -3.06. The second-order valence-electron chi connectivity index (χ2n) is 6.48. The molecule has 1 amide bonds. The number of benzene rings is 2. The fourth-order valence-corrected chi connectivity index (χ4v) is 3.95. The van der Waals surface area contributed by atoms with Gasteiger partial charge in [-0.3, -0.25) is 9.10 Å². The number of hydrogen-bond acceptors (Lipinski definition) is 4. The molecule has 0 aliphatic rings. The van der Waals surface area contributed by atoms with Crippen molar-refractivity contribution in [3.63, 3.8) is 0 Å². The summed E-state index contributed by atoms with van der Waals surface area (Å²) in [5.74, 6) is 1.13. The van der Waals surface area contributed by atoms with Gasteiger partial charge in [0.2, 0.25) is 0 Å². The molecule has 0 spiro atoms. The van der Waals surface area contributed by atoms with Crippen LogP contribution in [0.2, 0.25) is 0 Å². The lowest BCUT2D eigenvalue weighted by Gasteiger charge is -2.19. The van der Waals surface area contributed by atoms with Gasteiger partial charge in [0.25, 0.3) is 15.9 Å². The topological polar surface area (TPSA) is 79.6 Å². The van der Waals surface area contributed by atoms with E-state index < -0.39 is 10.0 Å². The average molecular weight is 398 g/mol. The summed E-state index contributed by atoms with van der Waals surface area (Å²) in [5, 5.41) is 2.84. The van der Waals surface area contributed by atoms with Gasteiger partial charge in [-0.2, -0.15) is 0 Å². The summed E-state index contributed by atoms with van der Waals surface area (Å²) in [6.07, 6.45) is 0. The van der Waals surface area contributed by atoms with Gasteiger partial charge in [-0.1, -0.05) is 18.2 Å². The van der Waals surface area contributed by atoms with Crippen LogP contribution in [0.3, 0.4) is 0 Å². The Morgan fingerprint density at radius 1 is 1.00 bits per heavy atom. The molecule has 1 atom stereocenters. The minimum Gasteiger partial charge on any atom is -0.464 e. The van der Waals surface area contributed by atoms with E-state index in [2.05, 4.69) is 5.32 Å². The molecule has 7 heteroatoms. The fraction of sp³-hybridized carbons (Fsp3) is 0.190. The van der Waals surface area contributed by atoms with Crippen LogP contribution in [0.15, 0.2) is 76.0 Å². The number of para-hydroxylation sites is 1. The minimum atomic E-state index is -3.71. The molecular formula is C21H22N2O4S. The highest BCUT2D eigenvalue weighted by Gasteiger charge is 2.22. The highest BCUT2D eigenvalue weighted by atomic mass is 32.2. The number of nitrogens with one attached hydrogen (secondary N) is 1. The van der Waals surface area contributed by atoms with Crippen LogP contribution < -0.4 is 9.62 Å². The van der Waals surface area contributed by atoms with Crippen molar-refractivity contribution in [2.24, 2.45) is 0 Å². The molecule has 6 nitrogen and oxygen atoms in total. The Kier molecular flexibility index (Phi) is 5.56. The molecule has 3 rings (SSSR count). The normalized spacial score (nSPS) is 12.4. The quantitative estimate of drug-likeness (QED) is 0.683. The van der Waals surface area contributed by atoms with Gasteiger partial charge in [-0.25, -0.2) is 8.42 Å². The van der Waals surface area contributed by atoms with E-state index in [1.54, 1.807) is 24.3 Å². The molecule has 1 unspecified atom stereocenters. The SMILES string of the molecule is Cc1ccc(C(C)NC(=O)c2ccc(S(=O)(=O)N(C)c3ccccc3)cc2)o1. The average Bonchev–Trinajstić information content (AvgIpc) is 3.14. The third-order valence-corrected chi connectivity index (χ3v) is 6.23. The van der Waals surface area contributed by atoms with Crippen LogP contribution in [0, 0.1) is 6.92 Å². The van der Waals surface area contributed by atoms with Crippen LogP contribution in [0.1, 0.15) is 34.8 Å². The maximum atomic E-state index is 12.8. The summed E-state index contributed by atoms with van der Waals surface area (Å²) in [7, 11) is -2.21. The second kappa shape index (κ2) is 7.90.